The van der Waals surface area contributed by atoms with Gasteiger partial charge in [0.05, 0.1) is 5.69 Å². The number of hydrogen-bond donors (Lipinski definition) is 2. The van der Waals surface area contributed by atoms with Crippen LogP contribution in [-0.4, -0.2) is 47.2 Å². The van der Waals surface area contributed by atoms with E-state index < -0.39 is 0 Å². The monoisotopic (exact) mass is 489 g/mol. The number of carbonyl (C=O) groups excluding carboxylic acids is 2. The number of carbonyl (C=O) groups is 2. The molecular weight excluding hydrogens is 450 g/mol. The summed E-state index contributed by atoms with van der Waals surface area (Å²) in [4.78, 5) is 32.3. The molecule has 1 heterocycles. The number of fused-ring (bicyclic) bond motifs is 1. The number of Topliss-reactive ketones (excluding diaryl/α,β-unsaturated/α-hetero) is 1. The van der Waals surface area contributed by atoms with Gasteiger partial charge in [0.1, 0.15) is 11.6 Å². The van der Waals surface area contributed by atoms with E-state index in [0.29, 0.717) is 55.4 Å². The number of amides is 1. The maximum Gasteiger partial charge on any atom is 0.250 e. The molecule has 6 heteroatoms. The molecule has 36 heavy (non-hydrogen) atoms. The van der Waals surface area contributed by atoms with Crippen molar-refractivity contribution in [3.8, 4) is 11.1 Å². The molecule has 1 amide bonds. The third-order valence-corrected chi connectivity index (χ3v) is 6.35. The zero-order valence-corrected chi connectivity index (χ0v) is 21.8. The molecular formula is C30H39N3O3. The summed E-state index contributed by atoms with van der Waals surface area (Å²) in [5.74, 6) is 1.08. The lowest BCUT2D eigenvalue weighted by atomic mass is 9.93. The van der Waals surface area contributed by atoms with Gasteiger partial charge in [-0.3, -0.25) is 9.59 Å². The summed E-state index contributed by atoms with van der Waals surface area (Å²) in [6.07, 6.45) is 5.44. The van der Waals surface area contributed by atoms with E-state index in [1.165, 1.54) is 0 Å². The zero-order chi connectivity index (χ0) is 26.1. The van der Waals surface area contributed by atoms with Crippen LogP contribution in [0.3, 0.4) is 0 Å². The van der Waals surface area contributed by atoms with Crippen molar-refractivity contribution in [3.05, 3.63) is 59.2 Å². The topological polar surface area (TPSA) is 96.0 Å². The van der Waals surface area contributed by atoms with Crippen LogP contribution in [-0.2, 0) is 16.0 Å². The van der Waals surface area contributed by atoms with E-state index in [2.05, 4.69) is 18.8 Å². The van der Waals surface area contributed by atoms with Gasteiger partial charge in [-0.2, -0.15) is 0 Å². The fraction of sp³-hybridized carbons (Fsp3) is 0.433. The largest absolute Gasteiger partial charge is 0.396 e. The number of amidine groups is 1. The highest BCUT2D eigenvalue weighted by molar-refractivity contribution is 6.05. The Morgan fingerprint density at radius 3 is 2.64 bits per heavy atom. The summed E-state index contributed by atoms with van der Waals surface area (Å²) in [5, 5.41) is 9.22. The highest BCUT2D eigenvalue weighted by Crippen LogP contribution is 2.33. The van der Waals surface area contributed by atoms with Crippen molar-refractivity contribution in [1.29, 1.82) is 0 Å². The van der Waals surface area contributed by atoms with Gasteiger partial charge in [-0.05, 0) is 54.0 Å². The van der Waals surface area contributed by atoms with E-state index in [-0.39, 0.29) is 24.7 Å². The highest BCUT2D eigenvalue weighted by Gasteiger charge is 2.21. The fourth-order valence-corrected chi connectivity index (χ4v) is 4.45. The van der Waals surface area contributed by atoms with Gasteiger partial charge in [-0.1, -0.05) is 57.2 Å². The smallest absolute Gasteiger partial charge is 0.250 e. The molecule has 0 unspecified atom stereocenters. The van der Waals surface area contributed by atoms with Crippen LogP contribution >= 0.6 is 0 Å². The molecule has 2 aromatic rings. The van der Waals surface area contributed by atoms with E-state index in [0.717, 1.165) is 35.1 Å². The fourth-order valence-electron chi connectivity index (χ4n) is 4.45. The van der Waals surface area contributed by atoms with Gasteiger partial charge in [-0.25, -0.2) is 4.99 Å². The Morgan fingerprint density at radius 2 is 1.92 bits per heavy atom. The minimum absolute atomic E-state index is 0.0482. The van der Waals surface area contributed by atoms with Crippen LogP contribution in [0, 0.1) is 5.92 Å². The van der Waals surface area contributed by atoms with E-state index >= 15 is 0 Å². The number of aliphatic imine (C=N–C) groups is 1. The lowest BCUT2D eigenvalue weighted by Crippen LogP contribution is -2.35. The molecule has 0 spiro atoms. The van der Waals surface area contributed by atoms with Crippen molar-refractivity contribution >= 4 is 29.3 Å². The van der Waals surface area contributed by atoms with Gasteiger partial charge in [0.25, 0.3) is 0 Å². The molecule has 2 aromatic carbocycles. The average Bonchev–Trinajstić information content (AvgIpc) is 3.02. The molecule has 0 aromatic heterocycles. The van der Waals surface area contributed by atoms with Gasteiger partial charge < -0.3 is 15.7 Å². The van der Waals surface area contributed by atoms with Crippen LogP contribution in [0.2, 0.25) is 0 Å². The van der Waals surface area contributed by atoms with Gasteiger partial charge in [-0.15, -0.1) is 0 Å². The van der Waals surface area contributed by atoms with Crippen LogP contribution in [0.15, 0.2) is 53.0 Å². The summed E-state index contributed by atoms with van der Waals surface area (Å²) in [6, 6.07) is 14.0. The minimum Gasteiger partial charge on any atom is -0.396 e. The van der Waals surface area contributed by atoms with Crippen molar-refractivity contribution in [2.45, 2.75) is 59.3 Å². The normalized spacial score (nSPS) is 13.0. The zero-order valence-electron chi connectivity index (χ0n) is 21.8. The second-order valence-corrected chi connectivity index (χ2v) is 9.90. The first-order valence-electron chi connectivity index (χ1n) is 13.0. The van der Waals surface area contributed by atoms with Gasteiger partial charge >= 0.3 is 0 Å². The minimum atomic E-state index is -0.0642. The SMILES string of the molecule is CCCN(CCCO)C(=O)C1=Cc2ccc(-c3ccccc3CC(=O)CCC(C)C)cc2N=C(N)C1. The highest BCUT2D eigenvalue weighted by atomic mass is 16.3. The predicted octanol–water partition coefficient (Wildman–Crippen LogP) is 5.30. The number of nitrogens with zero attached hydrogens (tertiary/aromatic N) is 2. The lowest BCUT2D eigenvalue weighted by Gasteiger charge is -2.23. The number of aliphatic hydroxyl groups is 1. The number of rotatable bonds is 12. The lowest BCUT2D eigenvalue weighted by molar-refractivity contribution is -0.127. The van der Waals surface area contributed by atoms with Gasteiger partial charge in [0.15, 0.2) is 0 Å². The molecule has 1 aliphatic heterocycles. The second-order valence-electron chi connectivity index (χ2n) is 9.90. The Labute approximate surface area is 214 Å². The van der Waals surface area contributed by atoms with Crippen molar-refractivity contribution in [2.24, 2.45) is 16.6 Å². The maximum absolute atomic E-state index is 13.3. The molecule has 0 saturated heterocycles. The predicted molar refractivity (Wildman–Crippen MR) is 147 cm³/mol. The van der Waals surface area contributed by atoms with Crippen molar-refractivity contribution in [3.63, 3.8) is 0 Å². The Bertz CT molecular complexity index is 1130. The van der Waals surface area contributed by atoms with Gasteiger partial charge in [0.2, 0.25) is 5.91 Å². The Balaban J connectivity index is 1.90. The molecule has 0 radical (unpaired) electrons. The van der Waals surface area contributed by atoms with E-state index in [1.807, 2.05) is 55.5 Å². The molecule has 0 atom stereocenters. The Kier molecular flexibility index (Phi) is 10.00. The van der Waals surface area contributed by atoms with Gasteiger partial charge in [0, 0.05) is 50.1 Å². The van der Waals surface area contributed by atoms with Crippen LogP contribution < -0.4 is 5.73 Å². The van der Waals surface area contributed by atoms with Crippen LogP contribution in [0.1, 0.15) is 64.0 Å². The van der Waals surface area contributed by atoms with E-state index in [4.69, 9.17) is 5.73 Å². The molecule has 1 aliphatic rings. The molecule has 0 saturated carbocycles. The quantitative estimate of drug-likeness (QED) is 0.423. The molecule has 0 fully saturated rings. The Hall–Kier alpha value is -3.25. The molecule has 6 nitrogen and oxygen atoms in total. The second kappa shape index (κ2) is 13.2. The number of aliphatic hydroxyl groups excluding tert-OH is 1. The first-order valence-corrected chi connectivity index (χ1v) is 13.0. The summed E-state index contributed by atoms with van der Waals surface area (Å²) >= 11 is 0. The Morgan fingerprint density at radius 1 is 1.14 bits per heavy atom. The summed E-state index contributed by atoms with van der Waals surface area (Å²) in [5.41, 5.74) is 11.4. The average molecular weight is 490 g/mol. The van der Waals surface area contributed by atoms with Crippen molar-refractivity contribution in [2.75, 3.05) is 19.7 Å². The standard InChI is InChI=1S/C30H39N3O3/c1-4-14-33(15-7-16-34)30(36)25-17-24-12-11-23(19-28(24)32-29(31)20-25)27-9-6-5-8-22(27)18-26(35)13-10-21(2)3/h5-6,8-9,11-12,17,19,21,34H,4,7,10,13-16,18,20H2,1-3H3,(H2,31,32). The van der Waals surface area contributed by atoms with E-state index in [9.17, 15) is 14.7 Å². The maximum atomic E-state index is 13.3. The number of nitrogens with two attached hydrogens (primary N) is 1. The van der Waals surface area contributed by atoms with E-state index in [1.54, 1.807) is 4.90 Å². The molecule has 0 aliphatic carbocycles. The molecule has 0 bridgehead atoms. The van der Waals surface area contributed by atoms with Crippen LogP contribution in [0.4, 0.5) is 5.69 Å². The number of hydrogen-bond acceptors (Lipinski definition) is 5. The summed E-state index contributed by atoms with van der Waals surface area (Å²) in [6.45, 7) is 7.48. The molecule has 3 N–H and O–H groups in total. The van der Waals surface area contributed by atoms with Crippen LogP contribution in [0.25, 0.3) is 17.2 Å². The number of ketones is 1. The molecule has 192 valence electrons. The summed E-state index contributed by atoms with van der Waals surface area (Å²) in [7, 11) is 0. The number of benzene rings is 2. The molecule has 3 rings (SSSR count). The van der Waals surface area contributed by atoms with Crippen LogP contribution in [0.5, 0.6) is 0 Å². The van der Waals surface area contributed by atoms with Crippen molar-refractivity contribution < 1.29 is 14.7 Å². The van der Waals surface area contributed by atoms with Crippen molar-refractivity contribution in [1.82, 2.24) is 4.90 Å². The first-order chi connectivity index (χ1) is 17.3. The summed E-state index contributed by atoms with van der Waals surface area (Å²) < 4.78 is 0. The third-order valence-electron chi connectivity index (χ3n) is 6.35. The first kappa shape index (κ1) is 27.3. The third kappa shape index (κ3) is 7.37.